The maximum Gasteiger partial charge on any atom is 0.333 e. The summed E-state index contributed by atoms with van der Waals surface area (Å²) in [6.07, 6.45) is -0.425. The highest BCUT2D eigenvalue weighted by molar-refractivity contribution is 6.30. The van der Waals surface area contributed by atoms with Gasteiger partial charge in [-0.05, 0) is 24.6 Å². The van der Waals surface area contributed by atoms with Gasteiger partial charge in [-0.3, -0.25) is 0 Å². The summed E-state index contributed by atoms with van der Waals surface area (Å²) >= 11 is 5.76. The fourth-order valence-electron chi connectivity index (χ4n) is 2.23. The summed E-state index contributed by atoms with van der Waals surface area (Å²) in [4.78, 5) is 24.6. The van der Waals surface area contributed by atoms with E-state index < -0.39 is 36.4 Å². The molecule has 1 saturated heterocycles. The van der Waals surface area contributed by atoms with Crippen LogP contribution in [0, 0.1) is 0 Å². The van der Waals surface area contributed by atoms with Crippen LogP contribution in [0.15, 0.2) is 24.3 Å². The molecule has 1 unspecified atom stereocenters. The second-order valence-corrected chi connectivity index (χ2v) is 5.83. The molecule has 2 amide bonds. The molecule has 1 aromatic rings. The standard InChI is InChI=1S/C14H15ClF2N2O3/c1-13(11(20)21,9-2-4-10(15)5-3-9)18-12(22)19-7-6-14(16,17)8-19/h2-5H,6-8H2,1H3,(H,18,22)(H,20,21). The number of carbonyl (C=O) groups is 2. The van der Waals surface area contributed by atoms with E-state index in [4.69, 9.17) is 11.6 Å². The molecule has 1 aliphatic heterocycles. The molecule has 2 rings (SSSR count). The molecule has 0 spiro atoms. The predicted octanol–water partition coefficient (Wildman–Crippen LogP) is 2.69. The first kappa shape index (κ1) is 16.5. The molecule has 0 aromatic heterocycles. The summed E-state index contributed by atoms with van der Waals surface area (Å²) in [5.41, 5.74) is -1.44. The fraction of sp³-hybridized carbons (Fsp3) is 0.429. The van der Waals surface area contributed by atoms with Crippen LogP contribution in [0.5, 0.6) is 0 Å². The number of benzene rings is 1. The highest BCUT2D eigenvalue weighted by Crippen LogP contribution is 2.28. The minimum Gasteiger partial charge on any atom is -0.479 e. The molecule has 0 aliphatic carbocycles. The van der Waals surface area contributed by atoms with Crippen LogP contribution in [0.3, 0.4) is 0 Å². The molecule has 0 radical (unpaired) electrons. The molecule has 1 atom stereocenters. The van der Waals surface area contributed by atoms with Gasteiger partial charge in [0.2, 0.25) is 0 Å². The van der Waals surface area contributed by atoms with Gasteiger partial charge in [-0.15, -0.1) is 0 Å². The zero-order chi connectivity index (χ0) is 16.5. The average molecular weight is 333 g/mol. The maximum atomic E-state index is 13.2. The second-order valence-electron chi connectivity index (χ2n) is 5.39. The largest absolute Gasteiger partial charge is 0.479 e. The van der Waals surface area contributed by atoms with Crippen LogP contribution < -0.4 is 5.32 Å². The van der Waals surface area contributed by atoms with Crippen molar-refractivity contribution < 1.29 is 23.5 Å². The van der Waals surface area contributed by atoms with Crippen LogP contribution in [0.2, 0.25) is 5.02 Å². The number of nitrogens with one attached hydrogen (secondary N) is 1. The molecule has 0 saturated carbocycles. The van der Waals surface area contributed by atoms with E-state index in [1.165, 1.54) is 31.2 Å². The van der Waals surface area contributed by atoms with Crippen LogP contribution in [0.4, 0.5) is 13.6 Å². The average Bonchev–Trinajstić information content (AvgIpc) is 2.79. The second kappa shape index (κ2) is 5.72. The Morgan fingerprint density at radius 3 is 2.41 bits per heavy atom. The van der Waals surface area contributed by atoms with Crippen molar-refractivity contribution in [3.8, 4) is 0 Å². The van der Waals surface area contributed by atoms with Crippen LogP contribution >= 0.6 is 11.6 Å². The molecule has 0 bridgehead atoms. The van der Waals surface area contributed by atoms with E-state index in [-0.39, 0.29) is 6.54 Å². The first-order valence-corrected chi connectivity index (χ1v) is 6.96. The SMILES string of the molecule is CC(NC(=O)N1CCC(F)(F)C1)(C(=O)O)c1ccc(Cl)cc1. The number of alkyl halides is 2. The van der Waals surface area contributed by atoms with E-state index in [1.54, 1.807) is 0 Å². The summed E-state index contributed by atoms with van der Waals surface area (Å²) in [5.74, 6) is -4.23. The van der Waals surface area contributed by atoms with Gasteiger partial charge in [0.15, 0.2) is 5.54 Å². The molecular formula is C14H15ClF2N2O3. The maximum absolute atomic E-state index is 13.2. The zero-order valence-corrected chi connectivity index (χ0v) is 12.5. The van der Waals surface area contributed by atoms with Crippen LogP contribution in [0.25, 0.3) is 0 Å². The van der Waals surface area contributed by atoms with Crippen LogP contribution in [-0.4, -0.2) is 41.0 Å². The van der Waals surface area contributed by atoms with Gasteiger partial charge in [0.25, 0.3) is 5.92 Å². The lowest BCUT2D eigenvalue weighted by Gasteiger charge is -2.29. The van der Waals surface area contributed by atoms with Gasteiger partial charge in [0.05, 0.1) is 6.54 Å². The van der Waals surface area contributed by atoms with E-state index >= 15 is 0 Å². The number of rotatable bonds is 3. The van der Waals surface area contributed by atoms with E-state index in [0.717, 1.165) is 4.90 Å². The van der Waals surface area contributed by atoms with E-state index in [9.17, 15) is 23.5 Å². The third kappa shape index (κ3) is 3.30. The summed E-state index contributed by atoms with van der Waals surface area (Å²) in [5, 5.41) is 12.2. The molecule has 8 heteroatoms. The van der Waals surface area contributed by atoms with Crippen molar-refractivity contribution in [2.75, 3.05) is 13.1 Å². The molecule has 1 fully saturated rings. The number of likely N-dealkylation sites (tertiary alicyclic amines) is 1. The van der Waals surface area contributed by atoms with Crippen molar-refractivity contribution in [1.82, 2.24) is 10.2 Å². The quantitative estimate of drug-likeness (QED) is 0.894. The molecule has 5 nitrogen and oxygen atoms in total. The van der Waals surface area contributed by atoms with Gasteiger partial charge >= 0.3 is 12.0 Å². The lowest BCUT2D eigenvalue weighted by molar-refractivity contribution is -0.144. The summed E-state index contributed by atoms with van der Waals surface area (Å²) in [7, 11) is 0. The van der Waals surface area contributed by atoms with Crippen LogP contribution in [-0.2, 0) is 10.3 Å². The van der Waals surface area contributed by atoms with Gasteiger partial charge in [0, 0.05) is 18.0 Å². The normalized spacial score (nSPS) is 19.5. The Morgan fingerprint density at radius 2 is 1.95 bits per heavy atom. The number of hydrogen-bond donors (Lipinski definition) is 2. The van der Waals surface area contributed by atoms with E-state index in [2.05, 4.69) is 5.32 Å². The number of carboxylic acids is 1. The molecular weight excluding hydrogens is 318 g/mol. The lowest BCUT2D eigenvalue weighted by atomic mass is 9.92. The molecule has 2 N–H and O–H groups in total. The highest BCUT2D eigenvalue weighted by Gasteiger charge is 2.43. The highest BCUT2D eigenvalue weighted by atomic mass is 35.5. The smallest absolute Gasteiger partial charge is 0.333 e. The Balaban J connectivity index is 2.20. The number of aliphatic carboxylic acids is 1. The third-order valence-electron chi connectivity index (χ3n) is 3.66. The Morgan fingerprint density at radius 1 is 1.36 bits per heavy atom. The van der Waals surface area contributed by atoms with Crippen LogP contribution in [0.1, 0.15) is 18.9 Å². The first-order chi connectivity index (χ1) is 10.1. The number of nitrogens with zero attached hydrogens (tertiary/aromatic N) is 1. The summed E-state index contributed by atoms with van der Waals surface area (Å²) in [6.45, 7) is 0.467. The van der Waals surface area contributed by atoms with Crippen molar-refractivity contribution in [1.29, 1.82) is 0 Å². The topological polar surface area (TPSA) is 69.6 Å². The van der Waals surface area contributed by atoms with Crippen molar-refractivity contribution in [2.45, 2.75) is 24.8 Å². The third-order valence-corrected chi connectivity index (χ3v) is 3.92. The predicted molar refractivity (Wildman–Crippen MR) is 76.1 cm³/mol. The van der Waals surface area contributed by atoms with Gasteiger partial charge < -0.3 is 15.3 Å². The Hall–Kier alpha value is -1.89. The number of carboxylic acid groups (broad SMARTS) is 1. The molecule has 1 aliphatic rings. The summed E-state index contributed by atoms with van der Waals surface area (Å²) < 4.78 is 26.3. The van der Waals surface area contributed by atoms with Crippen molar-refractivity contribution >= 4 is 23.6 Å². The van der Waals surface area contributed by atoms with E-state index in [1.807, 2.05) is 0 Å². The number of hydrogen-bond acceptors (Lipinski definition) is 2. The molecule has 22 heavy (non-hydrogen) atoms. The van der Waals surface area contributed by atoms with Gasteiger partial charge in [0.1, 0.15) is 0 Å². The Labute approximate surface area is 130 Å². The fourth-order valence-corrected chi connectivity index (χ4v) is 2.36. The number of halogens is 3. The molecule has 120 valence electrons. The van der Waals surface area contributed by atoms with Crippen molar-refractivity contribution in [2.24, 2.45) is 0 Å². The minimum atomic E-state index is -2.93. The minimum absolute atomic E-state index is 0.116. The molecule has 1 heterocycles. The molecule has 1 aromatic carbocycles. The number of carbonyl (C=O) groups excluding carboxylic acids is 1. The number of urea groups is 1. The lowest BCUT2D eigenvalue weighted by Crippen LogP contribution is -2.53. The van der Waals surface area contributed by atoms with Gasteiger partial charge in [-0.2, -0.15) is 0 Å². The summed E-state index contributed by atoms with van der Waals surface area (Å²) in [6, 6.07) is 5.09. The number of amides is 2. The van der Waals surface area contributed by atoms with Crippen molar-refractivity contribution in [3.05, 3.63) is 34.9 Å². The zero-order valence-electron chi connectivity index (χ0n) is 11.8. The van der Waals surface area contributed by atoms with E-state index in [0.29, 0.717) is 10.6 Å². The van der Waals surface area contributed by atoms with Gasteiger partial charge in [-0.1, -0.05) is 23.7 Å². The van der Waals surface area contributed by atoms with Crippen molar-refractivity contribution in [3.63, 3.8) is 0 Å². The monoisotopic (exact) mass is 332 g/mol. The first-order valence-electron chi connectivity index (χ1n) is 6.58. The van der Waals surface area contributed by atoms with Gasteiger partial charge in [-0.25, -0.2) is 18.4 Å². The Bertz CT molecular complexity index is 594. The Kier molecular flexibility index (Phi) is 4.28.